The van der Waals surface area contributed by atoms with Gasteiger partial charge in [0.25, 0.3) is 0 Å². The monoisotopic (exact) mass is 426 g/mol. The highest BCUT2D eigenvalue weighted by Gasteiger charge is 2.22. The third-order valence-corrected chi connectivity index (χ3v) is 5.75. The number of hydrogen-bond acceptors (Lipinski definition) is 4. The number of methoxy groups -OCH3 is 4. The fraction of sp³-hybridized carbons (Fsp3) is 0.455. The van der Waals surface area contributed by atoms with Crippen molar-refractivity contribution in [2.45, 2.75) is 12.8 Å². The summed E-state index contributed by atoms with van der Waals surface area (Å²) in [5.74, 6) is 4.38. The molecule has 0 aliphatic heterocycles. The summed E-state index contributed by atoms with van der Waals surface area (Å²) in [7, 11) is 6.54. The number of alkyl halides is 2. The summed E-state index contributed by atoms with van der Waals surface area (Å²) < 4.78 is 21.5. The molecule has 6 heteroatoms. The van der Waals surface area contributed by atoms with Gasteiger partial charge in [-0.1, -0.05) is 12.1 Å². The summed E-state index contributed by atoms with van der Waals surface area (Å²) in [6, 6.07) is 11.9. The second-order valence-corrected chi connectivity index (χ2v) is 7.23. The third-order valence-electron chi connectivity index (χ3n) is 4.95. The Balaban J connectivity index is 2.17. The Kier molecular flexibility index (Phi) is 9.07. The number of halogens is 2. The Bertz CT molecular complexity index is 688. The molecule has 0 heterocycles. The van der Waals surface area contributed by atoms with Crippen molar-refractivity contribution in [2.75, 3.05) is 40.2 Å². The minimum Gasteiger partial charge on any atom is -0.493 e. The molecule has 0 N–H and O–H groups in total. The molecule has 2 aromatic carbocycles. The number of ether oxygens (including phenoxy) is 4. The molecular formula is C22H28Cl2O4. The predicted molar refractivity (Wildman–Crippen MR) is 115 cm³/mol. The maximum absolute atomic E-state index is 6.34. The van der Waals surface area contributed by atoms with E-state index in [0.717, 1.165) is 35.5 Å². The van der Waals surface area contributed by atoms with E-state index in [1.165, 1.54) is 0 Å². The van der Waals surface area contributed by atoms with E-state index in [1.807, 2.05) is 36.4 Å². The summed E-state index contributed by atoms with van der Waals surface area (Å²) in [6.07, 6.45) is 1.63. The summed E-state index contributed by atoms with van der Waals surface area (Å²) in [4.78, 5) is 0. The van der Waals surface area contributed by atoms with Crippen molar-refractivity contribution < 1.29 is 18.9 Å². The molecule has 28 heavy (non-hydrogen) atoms. The fourth-order valence-electron chi connectivity index (χ4n) is 3.32. The van der Waals surface area contributed by atoms with E-state index in [0.29, 0.717) is 23.3 Å². The molecule has 2 atom stereocenters. The Morgan fingerprint density at radius 3 is 1.25 bits per heavy atom. The average molecular weight is 427 g/mol. The van der Waals surface area contributed by atoms with Gasteiger partial charge in [0.15, 0.2) is 23.0 Å². The third kappa shape index (κ3) is 5.62. The lowest BCUT2D eigenvalue weighted by Crippen LogP contribution is -2.23. The highest BCUT2D eigenvalue weighted by atomic mass is 35.5. The first-order chi connectivity index (χ1) is 13.6. The minimum atomic E-state index is 0.227. The van der Waals surface area contributed by atoms with Crippen LogP contribution < -0.4 is 18.9 Å². The van der Waals surface area contributed by atoms with E-state index in [9.17, 15) is 0 Å². The molecule has 0 unspecified atom stereocenters. The molecule has 4 nitrogen and oxygen atoms in total. The molecular weight excluding hydrogens is 399 g/mol. The van der Waals surface area contributed by atoms with Gasteiger partial charge in [0.05, 0.1) is 28.4 Å². The molecule has 0 aromatic heterocycles. The Morgan fingerprint density at radius 1 is 0.607 bits per heavy atom. The van der Waals surface area contributed by atoms with E-state index in [-0.39, 0.29) is 11.8 Å². The number of hydrogen-bond donors (Lipinski definition) is 0. The van der Waals surface area contributed by atoms with Gasteiger partial charge in [0.2, 0.25) is 0 Å². The first-order valence-electron chi connectivity index (χ1n) is 9.13. The topological polar surface area (TPSA) is 36.9 Å². The van der Waals surface area contributed by atoms with E-state index in [4.69, 9.17) is 42.1 Å². The van der Waals surface area contributed by atoms with E-state index in [2.05, 4.69) is 0 Å². The lowest BCUT2D eigenvalue weighted by Gasteiger charge is -2.24. The summed E-state index contributed by atoms with van der Waals surface area (Å²) in [6.45, 7) is 0. The van der Waals surface area contributed by atoms with Crippen LogP contribution in [0.1, 0.15) is 11.1 Å². The first kappa shape index (κ1) is 22.5. The second kappa shape index (κ2) is 11.3. The van der Waals surface area contributed by atoms with Crippen molar-refractivity contribution in [3.05, 3.63) is 47.5 Å². The highest BCUT2D eigenvalue weighted by molar-refractivity contribution is 6.19. The first-order valence-corrected chi connectivity index (χ1v) is 10.2. The van der Waals surface area contributed by atoms with Crippen molar-refractivity contribution in [2.24, 2.45) is 11.8 Å². The molecule has 0 fully saturated rings. The summed E-state index contributed by atoms with van der Waals surface area (Å²) in [5, 5.41) is 0. The zero-order chi connectivity index (χ0) is 20.5. The zero-order valence-electron chi connectivity index (χ0n) is 16.8. The maximum Gasteiger partial charge on any atom is 0.160 e. The van der Waals surface area contributed by atoms with Crippen LogP contribution in [0.5, 0.6) is 23.0 Å². The number of benzene rings is 2. The SMILES string of the molecule is COc1ccc(C[C@@H](CCl)[C@@H](CCl)Cc2ccc(OC)c(OC)c2)cc1OC. The Hall–Kier alpha value is -1.78. The van der Waals surface area contributed by atoms with Gasteiger partial charge < -0.3 is 18.9 Å². The summed E-state index contributed by atoms with van der Waals surface area (Å²) in [5.41, 5.74) is 2.29. The molecule has 0 aliphatic rings. The van der Waals surface area contributed by atoms with Gasteiger partial charge in [0, 0.05) is 11.8 Å². The maximum atomic E-state index is 6.34. The zero-order valence-corrected chi connectivity index (χ0v) is 18.3. The predicted octanol–water partition coefficient (Wildman–Crippen LogP) is 5.22. The van der Waals surface area contributed by atoms with Gasteiger partial charge in [0.1, 0.15) is 0 Å². The van der Waals surface area contributed by atoms with Crippen molar-refractivity contribution >= 4 is 23.2 Å². The lowest BCUT2D eigenvalue weighted by molar-refractivity contribution is 0.351. The van der Waals surface area contributed by atoms with E-state index < -0.39 is 0 Å². The molecule has 0 amide bonds. The van der Waals surface area contributed by atoms with E-state index in [1.54, 1.807) is 28.4 Å². The van der Waals surface area contributed by atoms with Gasteiger partial charge in [-0.15, -0.1) is 23.2 Å². The molecule has 0 saturated carbocycles. The second-order valence-electron chi connectivity index (χ2n) is 6.62. The molecule has 2 aromatic rings. The van der Waals surface area contributed by atoms with Gasteiger partial charge >= 0.3 is 0 Å². The van der Waals surface area contributed by atoms with Crippen LogP contribution in [-0.4, -0.2) is 40.2 Å². The van der Waals surface area contributed by atoms with Gasteiger partial charge in [-0.3, -0.25) is 0 Å². The minimum absolute atomic E-state index is 0.227. The van der Waals surface area contributed by atoms with Crippen LogP contribution in [-0.2, 0) is 12.8 Å². The van der Waals surface area contributed by atoms with Crippen LogP contribution >= 0.6 is 23.2 Å². The van der Waals surface area contributed by atoms with Crippen LogP contribution in [0.3, 0.4) is 0 Å². The largest absolute Gasteiger partial charge is 0.493 e. The molecule has 2 rings (SSSR count). The highest BCUT2D eigenvalue weighted by Crippen LogP contribution is 2.33. The molecule has 0 aliphatic carbocycles. The van der Waals surface area contributed by atoms with Crippen LogP contribution in [0.4, 0.5) is 0 Å². The lowest BCUT2D eigenvalue weighted by atomic mass is 9.85. The molecule has 154 valence electrons. The average Bonchev–Trinajstić information content (AvgIpc) is 2.75. The van der Waals surface area contributed by atoms with Gasteiger partial charge in [-0.05, 0) is 60.1 Å². The van der Waals surface area contributed by atoms with Crippen molar-refractivity contribution in [3.8, 4) is 23.0 Å². The van der Waals surface area contributed by atoms with Crippen molar-refractivity contribution in [1.82, 2.24) is 0 Å². The fourth-order valence-corrected chi connectivity index (χ4v) is 4.04. The summed E-state index contributed by atoms with van der Waals surface area (Å²) >= 11 is 12.7. The van der Waals surface area contributed by atoms with Crippen LogP contribution in [0.25, 0.3) is 0 Å². The van der Waals surface area contributed by atoms with Crippen molar-refractivity contribution in [3.63, 3.8) is 0 Å². The standard InChI is InChI=1S/C22H28Cl2O4/c1-25-19-7-5-15(11-21(19)27-3)9-17(13-23)18(14-24)10-16-6-8-20(26-2)22(12-16)28-4/h5-8,11-12,17-18H,9-10,13-14H2,1-4H3/t17-,18+. The quantitative estimate of drug-likeness (QED) is 0.461. The molecule has 0 bridgehead atoms. The van der Waals surface area contributed by atoms with E-state index >= 15 is 0 Å². The molecule has 0 radical (unpaired) electrons. The normalized spacial score (nSPS) is 12.9. The van der Waals surface area contributed by atoms with Gasteiger partial charge in [-0.2, -0.15) is 0 Å². The molecule has 0 saturated heterocycles. The number of rotatable bonds is 11. The smallest absolute Gasteiger partial charge is 0.160 e. The van der Waals surface area contributed by atoms with Crippen LogP contribution in [0.2, 0.25) is 0 Å². The van der Waals surface area contributed by atoms with Gasteiger partial charge in [-0.25, -0.2) is 0 Å². The Labute approximate surface area is 177 Å². The van der Waals surface area contributed by atoms with Crippen LogP contribution in [0, 0.1) is 11.8 Å². The Morgan fingerprint density at radius 2 is 0.964 bits per heavy atom. The van der Waals surface area contributed by atoms with Crippen molar-refractivity contribution in [1.29, 1.82) is 0 Å². The molecule has 0 spiro atoms. The van der Waals surface area contributed by atoms with Crippen LogP contribution in [0.15, 0.2) is 36.4 Å².